The molecule has 2 aromatic carbocycles. The number of ether oxygens (including phenoxy) is 1. The number of carbonyl (C=O) groups excluding carboxylic acids is 1. The Kier molecular flexibility index (Phi) is 6.85. The van der Waals surface area contributed by atoms with Crippen molar-refractivity contribution in [1.29, 1.82) is 0 Å². The average Bonchev–Trinajstić information content (AvgIpc) is 2.70. The molecule has 0 bridgehead atoms. The molecule has 0 spiro atoms. The predicted molar refractivity (Wildman–Crippen MR) is 107 cm³/mol. The molecular weight excluding hydrogens is 396 g/mol. The van der Waals surface area contributed by atoms with Crippen LogP contribution in [0, 0.1) is 19.3 Å². The molecule has 9 heteroatoms. The highest BCUT2D eigenvalue weighted by Crippen LogP contribution is 2.28. The van der Waals surface area contributed by atoms with Crippen LogP contribution < -0.4 is 14.4 Å². The smallest absolute Gasteiger partial charge is 0.341 e. The number of carboxylic acid groups (broad SMARTS) is 1. The van der Waals surface area contributed by atoms with E-state index in [4.69, 9.17) is 16.3 Å². The van der Waals surface area contributed by atoms with Crippen molar-refractivity contribution < 1.29 is 27.9 Å². The quantitative estimate of drug-likeness (QED) is 0.629. The Labute approximate surface area is 169 Å². The van der Waals surface area contributed by atoms with E-state index < -0.39 is 35.1 Å². The first-order valence-electron chi connectivity index (χ1n) is 8.44. The first-order chi connectivity index (χ1) is 13.7. The highest BCUT2D eigenvalue weighted by atomic mass is 32.2. The Balaban J connectivity index is 2.48. The summed E-state index contributed by atoms with van der Waals surface area (Å²) in [5.41, 5.74) is 1.14. The molecule has 0 aliphatic heterocycles. The summed E-state index contributed by atoms with van der Waals surface area (Å²) in [5, 5.41) is 11.1. The predicted octanol–water partition coefficient (Wildman–Crippen LogP) is 1.38. The Morgan fingerprint density at radius 3 is 2.55 bits per heavy atom. The van der Waals surface area contributed by atoms with Gasteiger partial charge < -0.3 is 15.2 Å². The summed E-state index contributed by atoms with van der Waals surface area (Å²) in [4.78, 5) is 22.5. The SMILES string of the molecule is C#Cc1cccc(N(CC(=O)NC)S(=O)(=O)c2ccc(OCC(=O)O)c(C)c2)c1. The molecule has 29 heavy (non-hydrogen) atoms. The number of terminal acetylenes is 1. The number of carbonyl (C=O) groups is 2. The minimum Gasteiger partial charge on any atom is -0.482 e. The van der Waals surface area contributed by atoms with Crippen LogP contribution in [0.15, 0.2) is 47.4 Å². The van der Waals surface area contributed by atoms with Crippen LogP contribution in [-0.2, 0) is 19.6 Å². The first-order valence-corrected chi connectivity index (χ1v) is 9.88. The second-order valence-electron chi connectivity index (χ2n) is 5.99. The maximum absolute atomic E-state index is 13.3. The van der Waals surface area contributed by atoms with Crippen molar-refractivity contribution in [1.82, 2.24) is 5.32 Å². The van der Waals surface area contributed by atoms with Gasteiger partial charge in [0.25, 0.3) is 10.0 Å². The van der Waals surface area contributed by atoms with E-state index in [2.05, 4.69) is 11.2 Å². The van der Waals surface area contributed by atoms with Crippen LogP contribution in [0.25, 0.3) is 0 Å². The van der Waals surface area contributed by atoms with Crippen LogP contribution in [0.1, 0.15) is 11.1 Å². The van der Waals surface area contributed by atoms with Crippen LogP contribution in [0.5, 0.6) is 5.75 Å². The van der Waals surface area contributed by atoms with Crippen LogP contribution in [-0.4, -0.2) is 45.6 Å². The van der Waals surface area contributed by atoms with Gasteiger partial charge in [-0.1, -0.05) is 12.0 Å². The lowest BCUT2D eigenvalue weighted by Crippen LogP contribution is -2.39. The summed E-state index contributed by atoms with van der Waals surface area (Å²) < 4.78 is 32.6. The molecule has 2 N–H and O–H groups in total. The lowest BCUT2D eigenvalue weighted by molar-refractivity contribution is -0.139. The van der Waals surface area contributed by atoms with Gasteiger partial charge in [-0.3, -0.25) is 9.10 Å². The number of amides is 1. The van der Waals surface area contributed by atoms with Crippen molar-refractivity contribution in [2.45, 2.75) is 11.8 Å². The minimum atomic E-state index is -4.12. The van der Waals surface area contributed by atoms with Crippen LogP contribution in [0.2, 0.25) is 0 Å². The normalized spacial score (nSPS) is 10.7. The number of likely N-dealkylation sites (N-methyl/N-ethyl adjacent to an activating group) is 1. The van der Waals surface area contributed by atoms with Gasteiger partial charge >= 0.3 is 5.97 Å². The fourth-order valence-corrected chi connectivity index (χ4v) is 3.98. The number of benzene rings is 2. The van der Waals surface area contributed by atoms with Crippen molar-refractivity contribution in [3.63, 3.8) is 0 Å². The number of nitrogens with zero attached hydrogens (tertiary/aromatic N) is 1. The van der Waals surface area contributed by atoms with Crippen molar-refractivity contribution in [3.05, 3.63) is 53.6 Å². The van der Waals surface area contributed by atoms with Gasteiger partial charge in [0.2, 0.25) is 5.91 Å². The van der Waals surface area contributed by atoms with Gasteiger partial charge in [0.15, 0.2) is 6.61 Å². The summed E-state index contributed by atoms with van der Waals surface area (Å²) >= 11 is 0. The number of hydrogen-bond acceptors (Lipinski definition) is 5. The fourth-order valence-electron chi connectivity index (χ4n) is 2.49. The third kappa shape index (κ3) is 5.27. The minimum absolute atomic E-state index is 0.0762. The molecule has 0 fully saturated rings. The zero-order valence-electron chi connectivity index (χ0n) is 15.9. The third-order valence-electron chi connectivity index (χ3n) is 3.95. The number of aliphatic carboxylic acids is 1. The molecule has 0 atom stereocenters. The lowest BCUT2D eigenvalue weighted by atomic mass is 10.2. The number of rotatable bonds is 8. The van der Waals surface area contributed by atoms with E-state index in [-0.39, 0.29) is 16.3 Å². The van der Waals surface area contributed by atoms with Gasteiger partial charge in [-0.05, 0) is 48.9 Å². The van der Waals surface area contributed by atoms with E-state index in [0.29, 0.717) is 11.1 Å². The summed E-state index contributed by atoms with van der Waals surface area (Å²) in [6, 6.07) is 10.3. The zero-order chi connectivity index (χ0) is 21.6. The molecule has 0 aliphatic carbocycles. The topological polar surface area (TPSA) is 113 Å². The summed E-state index contributed by atoms with van der Waals surface area (Å²) in [7, 11) is -2.72. The Morgan fingerprint density at radius 2 is 1.97 bits per heavy atom. The van der Waals surface area contributed by atoms with Crippen molar-refractivity contribution >= 4 is 27.6 Å². The van der Waals surface area contributed by atoms with Gasteiger partial charge in [-0.25, -0.2) is 13.2 Å². The van der Waals surface area contributed by atoms with E-state index in [1.807, 2.05) is 0 Å². The zero-order valence-corrected chi connectivity index (χ0v) is 16.7. The molecule has 0 aliphatic rings. The molecule has 0 saturated carbocycles. The molecule has 0 aromatic heterocycles. The number of carboxylic acids is 1. The van der Waals surface area contributed by atoms with Gasteiger partial charge in [0.1, 0.15) is 12.3 Å². The van der Waals surface area contributed by atoms with Crippen LogP contribution >= 0.6 is 0 Å². The van der Waals surface area contributed by atoms with Crippen molar-refractivity contribution in [3.8, 4) is 18.1 Å². The number of sulfonamides is 1. The van der Waals surface area contributed by atoms with Gasteiger partial charge in [0, 0.05) is 12.6 Å². The number of hydrogen-bond donors (Lipinski definition) is 2. The maximum Gasteiger partial charge on any atom is 0.341 e. The maximum atomic E-state index is 13.3. The van der Waals surface area contributed by atoms with Crippen LogP contribution in [0.3, 0.4) is 0 Å². The molecule has 0 heterocycles. The second-order valence-corrected chi connectivity index (χ2v) is 7.85. The molecular formula is C20H20N2O6S. The van der Waals surface area contributed by atoms with Gasteiger partial charge in [-0.15, -0.1) is 6.42 Å². The first kappa shape index (κ1) is 21.8. The Bertz CT molecular complexity index is 1070. The van der Waals surface area contributed by atoms with E-state index in [9.17, 15) is 18.0 Å². The highest BCUT2D eigenvalue weighted by Gasteiger charge is 2.27. The standard InChI is InChI=1S/C20H20N2O6S/c1-4-15-6-5-7-16(11-15)22(12-19(23)21-3)29(26,27)17-8-9-18(14(2)10-17)28-13-20(24)25/h1,5-11H,12-13H2,2-3H3,(H,21,23)(H,24,25). The summed E-state index contributed by atoms with van der Waals surface area (Å²) in [6.07, 6.45) is 5.40. The third-order valence-corrected chi connectivity index (χ3v) is 5.72. The number of nitrogens with one attached hydrogen (secondary N) is 1. The highest BCUT2D eigenvalue weighted by molar-refractivity contribution is 7.92. The van der Waals surface area contributed by atoms with E-state index >= 15 is 0 Å². The average molecular weight is 416 g/mol. The van der Waals surface area contributed by atoms with Crippen molar-refractivity contribution in [2.75, 3.05) is 24.5 Å². The molecule has 152 valence electrons. The van der Waals surface area contributed by atoms with E-state index in [1.54, 1.807) is 25.1 Å². The van der Waals surface area contributed by atoms with E-state index in [1.165, 1.54) is 31.3 Å². The molecule has 0 saturated heterocycles. The monoisotopic (exact) mass is 416 g/mol. The van der Waals surface area contributed by atoms with Crippen LogP contribution in [0.4, 0.5) is 5.69 Å². The molecule has 8 nitrogen and oxygen atoms in total. The van der Waals surface area contributed by atoms with E-state index in [0.717, 1.165) is 4.31 Å². The fraction of sp³-hybridized carbons (Fsp3) is 0.200. The molecule has 1 amide bonds. The lowest BCUT2D eigenvalue weighted by Gasteiger charge is -2.24. The number of anilines is 1. The Morgan fingerprint density at radius 1 is 1.24 bits per heavy atom. The molecule has 2 aromatic rings. The Hall–Kier alpha value is -3.51. The summed E-state index contributed by atoms with van der Waals surface area (Å²) in [5.74, 6) is 1.03. The second kappa shape index (κ2) is 9.12. The molecule has 0 radical (unpaired) electrons. The van der Waals surface area contributed by atoms with Crippen molar-refractivity contribution in [2.24, 2.45) is 0 Å². The van der Waals surface area contributed by atoms with Gasteiger partial charge in [0.05, 0.1) is 10.6 Å². The largest absolute Gasteiger partial charge is 0.482 e. The molecule has 2 rings (SSSR count). The molecule has 0 unspecified atom stereocenters. The number of aryl methyl sites for hydroxylation is 1. The van der Waals surface area contributed by atoms with Gasteiger partial charge in [-0.2, -0.15) is 0 Å². The summed E-state index contributed by atoms with van der Waals surface area (Å²) in [6.45, 7) is 0.607.